The van der Waals surface area contributed by atoms with Gasteiger partial charge in [0.15, 0.2) is 0 Å². The molecule has 1 aliphatic rings. The molecule has 1 aromatic heterocycles. The second-order valence-electron chi connectivity index (χ2n) is 4.89. The Balaban J connectivity index is 2.19. The van der Waals surface area contributed by atoms with Crippen molar-refractivity contribution in [2.24, 2.45) is 5.73 Å². The minimum absolute atomic E-state index is 0.0552. The van der Waals surface area contributed by atoms with Gasteiger partial charge in [0, 0.05) is 31.6 Å². The van der Waals surface area contributed by atoms with E-state index in [0.717, 1.165) is 50.4 Å². The van der Waals surface area contributed by atoms with E-state index in [9.17, 15) is 4.79 Å². The van der Waals surface area contributed by atoms with Crippen LogP contribution in [0.5, 0.6) is 0 Å². The van der Waals surface area contributed by atoms with E-state index in [1.807, 2.05) is 0 Å². The van der Waals surface area contributed by atoms with Crippen LogP contribution >= 0.6 is 0 Å². The second kappa shape index (κ2) is 6.00. The zero-order valence-corrected chi connectivity index (χ0v) is 11.0. The lowest BCUT2D eigenvalue weighted by Crippen LogP contribution is -2.32. The van der Waals surface area contributed by atoms with Crippen LogP contribution in [0.2, 0.25) is 0 Å². The average molecular weight is 250 g/mol. The third-order valence-electron chi connectivity index (χ3n) is 3.22. The number of anilines is 1. The summed E-state index contributed by atoms with van der Waals surface area (Å²) in [4.78, 5) is 21.2. The van der Waals surface area contributed by atoms with Gasteiger partial charge in [-0.3, -0.25) is 4.79 Å². The molecule has 0 amide bonds. The van der Waals surface area contributed by atoms with Crippen LogP contribution in [0.1, 0.15) is 44.3 Å². The SMILES string of the molecule is CCCCN(CCN)c1cc(=O)[nH]c(C2CC2)n1. The molecular formula is C13H22N4O. The van der Waals surface area contributed by atoms with Gasteiger partial charge in [-0.15, -0.1) is 0 Å². The Morgan fingerprint density at radius 3 is 2.89 bits per heavy atom. The fourth-order valence-corrected chi connectivity index (χ4v) is 2.02. The number of nitrogens with two attached hydrogens (primary N) is 1. The molecular weight excluding hydrogens is 228 g/mol. The summed E-state index contributed by atoms with van der Waals surface area (Å²) in [6, 6.07) is 1.58. The van der Waals surface area contributed by atoms with E-state index in [2.05, 4.69) is 21.8 Å². The Bertz CT molecular complexity index is 439. The topological polar surface area (TPSA) is 75.0 Å². The first kappa shape index (κ1) is 13.1. The van der Waals surface area contributed by atoms with Gasteiger partial charge in [0.05, 0.1) is 0 Å². The van der Waals surface area contributed by atoms with E-state index in [1.54, 1.807) is 6.07 Å². The number of hydrogen-bond acceptors (Lipinski definition) is 4. The molecule has 0 atom stereocenters. The second-order valence-corrected chi connectivity index (χ2v) is 4.89. The van der Waals surface area contributed by atoms with Crippen molar-refractivity contribution in [3.05, 3.63) is 22.2 Å². The zero-order chi connectivity index (χ0) is 13.0. The fraction of sp³-hybridized carbons (Fsp3) is 0.692. The van der Waals surface area contributed by atoms with Crippen molar-refractivity contribution < 1.29 is 0 Å². The largest absolute Gasteiger partial charge is 0.355 e. The quantitative estimate of drug-likeness (QED) is 0.763. The molecule has 1 aliphatic carbocycles. The van der Waals surface area contributed by atoms with Gasteiger partial charge in [-0.25, -0.2) is 4.98 Å². The van der Waals surface area contributed by atoms with E-state index < -0.39 is 0 Å². The highest BCUT2D eigenvalue weighted by atomic mass is 16.1. The molecule has 0 radical (unpaired) electrons. The lowest BCUT2D eigenvalue weighted by atomic mass is 10.3. The highest BCUT2D eigenvalue weighted by Gasteiger charge is 2.26. The molecule has 18 heavy (non-hydrogen) atoms. The van der Waals surface area contributed by atoms with Crippen molar-refractivity contribution in [1.29, 1.82) is 0 Å². The van der Waals surface area contributed by atoms with E-state index >= 15 is 0 Å². The predicted octanol–water partition coefficient (Wildman–Crippen LogP) is 1.21. The maximum Gasteiger partial charge on any atom is 0.252 e. The molecule has 0 aliphatic heterocycles. The normalized spacial score (nSPS) is 14.8. The minimum Gasteiger partial charge on any atom is -0.355 e. The van der Waals surface area contributed by atoms with Crippen molar-refractivity contribution in [2.75, 3.05) is 24.5 Å². The number of unbranched alkanes of at least 4 members (excludes halogenated alkanes) is 1. The van der Waals surface area contributed by atoms with E-state index in [-0.39, 0.29) is 5.56 Å². The molecule has 3 N–H and O–H groups in total. The monoisotopic (exact) mass is 250 g/mol. The van der Waals surface area contributed by atoms with Crippen LogP contribution in [-0.2, 0) is 0 Å². The molecule has 0 aromatic carbocycles. The molecule has 0 bridgehead atoms. The van der Waals surface area contributed by atoms with Crippen LogP contribution in [-0.4, -0.2) is 29.6 Å². The highest BCUT2D eigenvalue weighted by Crippen LogP contribution is 2.37. The molecule has 1 saturated carbocycles. The summed E-state index contributed by atoms with van der Waals surface area (Å²) < 4.78 is 0. The number of nitrogens with one attached hydrogen (secondary N) is 1. The van der Waals surface area contributed by atoms with Crippen LogP contribution in [0.15, 0.2) is 10.9 Å². The summed E-state index contributed by atoms with van der Waals surface area (Å²) in [6.07, 6.45) is 4.49. The number of aromatic nitrogens is 2. The van der Waals surface area contributed by atoms with Crippen molar-refractivity contribution in [3.8, 4) is 0 Å². The predicted molar refractivity (Wildman–Crippen MR) is 73.0 cm³/mol. The molecule has 0 unspecified atom stereocenters. The van der Waals surface area contributed by atoms with Crippen LogP contribution in [0.4, 0.5) is 5.82 Å². The zero-order valence-electron chi connectivity index (χ0n) is 11.0. The number of hydrogen-bond donors (Lipinski definition) is 2. The smallest absolute Gasteiger partial charge is 0.252 e. The van der Waals surface area contributed by atoms with Gasteiger partial charge in [0.25, 0.3) is 5.56 Å². The molecule has 5 heteroatoms. The Morgan fingerprint density at radius 2 is 2.28 bits per heavy atom. The first-order chi connectivity index (χ1) is 8.74. The van der Waals surface area contributed by atoms with Gasteiger partial charge in [0.2, 0.25) is 0 Å². The summed E-state index contributed by atoms with van der Waals surface area (Å²) in [6.45, 7) is 4.40. The Labute approximate surface area is 107 Å². The summed E-state index contributed by atoms with van der Waals surface area (Å²) >= 11 is 0. The Kier molecular flexibility index (Phi) is 4.36. The van der Waals surface area contributed by atoms with Gasteiger partial charge in [-0.1, -0.05) is 13.3 Å². The maximum absolute atomic E-state index is 11.7. The summed E-state index contributed by atoms with van der Waals surface area (Å²) in [5.74, 6) is 2.08. The van der Waals surface area contributed by atoms with Crippen LogP contribution in [0, 0.1) is 0 Å². The van der Waals surface area contributed by atoms with Crippen molar-refractivity contribution >= 4 is 5.82 Å². The first-order valence-electron chi connectivity index (χ1n) is 6.81. The van der Waals surface area contributed by atoms with Gasteiger partial charge in [-0.2, -0.15) is 0 Å². The Hall–Kier alpha value is -1.36. The minimum atomic E-state index is -0.0552. The van der Waals surface area contributed by atoms with E-state index in [1.165, 1.54) is 0 Å². The Morgan fingerprint density at radius 1 is 1.50 bits per heavy atom. The van der Waals surface area contributed by atoms with Crippen molar-refractivity contribution in [3.63, 3.8) is 0 Å². The van der Waals surface area contributed by atoms with Crippen LogP contribution in [0.25, 0.3) is 0 Å². The van der Waals surface area contributed by atoms with Crippen LogP contribution < -0.4 is 16.2 Å². The molecule has 1 heterocycles. The summed E-state index contributed by atoms with van der Waals surface area (Å²) in [7, 11) is 0. The average Bonchev–Trinajstić information content (AvgIpc) is 3.17. The van der Waals surface area contributed by atoms with Gasteiger partial charge in [0.1, 0.15) is 11.6 Å². The third kappa shape index (κ3) is 3.32. The van der Waals surface area contributed by atoms with Crippen molar-refractivity contribution in [1.82, 2.24) is 9.97 Å². The molecule has 0 saturated heterocycles. The number of H-pyrrole nitrogens is 1. The number of aromatic amines is 1. The maximum atomic E-state index is 11.7. The highest BCUT2D eigenvalue weighted by molar-refractivity contribution is 5.38. The van der Waals surface area contributed by atoms with Gasteiger partial charge >= 0.3 is 0 Å². The standard InChI is InChI=1S/C13H22N4O/c1-2-3-7-17(8-6-14)11-9-12(18)16-13(15-11)10-4-5-10/h9-10H,2-8,14H2,1H3,(H,15,16,18). The van der Waals surface area contributed by atoms with Gasteiger partial charge < -0.3 is 15.6 Å². The van der Waals surface area contributed by atoms with Gasteiger partial charge in [-0.05, 0) is 19.3 Å². The molecule has 5 nitrogen and oxygen atoms in total. The van der Waals surface area contributed by atoms with Crippen molar-refractivity contribution in [2.45, 2.75) is 38.5 Å². The lowest BCUT2D eigenvalue weighted by molar-refractivity contribution is 0.701. The fourth-order valence-electron chi connectivity index (χ4n) is 2.02. The molecule has 2 rings (SSSR count). The number of nitrogens with zero attached hydrogens (tertiary/aromatic N) is 2. The molecule has 1 fully saturated rings. The summed E-state index contributed by atoms with van der Waals surface area (Å²) in [5.41, 5.74) is 5.58. The molecule has 100 valence electrons. The summed E-state index contributed by atoms with van der Waals surface area (Å²) in [5, 5.41) is 0. The van der Waals surface area contributed by atoms with E-state index in [4.69, 9.17) is 5.73 Å². The molecule has 0 spiro atoms. The third-order valence-corrected chi connectivity index (χ3v) is 3.22. The molecule has 1 aromatic rings. The lowest BCUT2D eigenvalue weighted by Gasteiger charge is -2.23. The van der Waals surface area contributed by atoms with E-state index in [0.29, 0.717) is 12.5 Å². The van der Waals surface area contributed by atoms with Crippen LogP contribution in [0.3, 0.4) is 0 Å². The number of rotatable bonds is 7. The first-order valence-corrected chi connectivity index (χ1v) is 6.81.